The Balaban J connectivity index is 1.43. The highest BCUT2D eigenvalue weighted by Crippen LogP contribution is 2.49. The summed E-state index contributed by atoms with van der Waals surface area (Å²) in [6.07, 6.45) is 7.74. The second-order valence-electron chi connectivity index (χ2n) is 8.14. The zero-order valence-electron chi connectivity index (χ0n) is 16.3. The second kappa shape index (κ2) is 7.67. The molecule has 1 spiro atoms. The van der Waals surface area contributed by atoms with E-state index in [4.69, 9.17) is 27.9 Å². The van der Waals surface area contributed by atoms with E-state index < -0.39 is 0 Å². The lowest BCUT2D eigenvalue weighted by Crippen LogP contribution is -2.47. The van der Waals surface area contributed by atoms with E-state index in [1.54, 1.807) is 12.3 Å². The van der Waals surface area contributed by atoms with Gasteiger partial charge in [0.15, 0.2) is 0 Å². The van der Waals surface area contributed by atoms with Crippen LogP contribution in [0.3, 0.4) is 0 Å². The van der Waals surface area contributed by atoms with Crippen LogP contribution < -0.4 is 15.4 Å². The molecule has 2 aromatic carbocycles. The fourth-order valence-corrected chi connectivity index (χ4v) is 5.26. The van der Waals surface area contributed by atoms with Gasteiger partial charge in [-0.25, -0.2) is 4.79 Å². The molecule has 3 aromatic rings. The van der Waals surface area contributed by atoms with Crippen molar-refractivity contribution < 1.29 is 9.53 Å². The number of anilines is 1. The molecule has 1 aliphatic carbocycles. The molecule has 3 N–H and O–H groups in total. The van der Waals surface area contributed by atoms with Gasteiger partial charge in [0.1, 0.15) is 11.4 Å². The summed E-state index contributed by atoms with van der Waals surface area (Å²) in [5, 5.41) is 14.9. The number of halogens is 2. The summed E-state index contributed by atoms with van der Waals surface area (Å²) in [6.45, 7) is 0. The Bertz CT molecular complexity index is 1110. The predicted octanol–water partition coefficient (Wildman–Crippen LogP) is 6.22. The second-order valence-corrected chi connectivity index (χ2v) is 8.99. The lowest BCUT2D eigenvalue weighted by atomic mass is 9.77. The van der Waals surface area contributed by atoms with Crippen LogP contribution in [0.5, 0.6) is 5.75 Å². The summed E-state index contributed by atoms with van der Waals surface area (Å²) in [4.78, 5) is 12.9. The van der Waals surface area contributed by atoms with Crippen LogP contribution in [0.15, 0.2) is 36.5 Å². The SMILES string of the molecule is O=C(Nc1cccc2[nH]ncc12)NC1CC2(CCCCC2)Oc2c(Cl)cc(Cl)cc21. The van der Waals surface area contributed by atoms with Gasteiger partial charge in [-0.1, -0.05) is 35.7 Å². The standard InChI is InChI=1S/C22H22Cl2N4O2/c23-13-9-14-19(11-22(7-2-1-3-8-22)30-20(14)16(24)10-13)27-21(29)26-17-5-4-6-18-15(17)12-25-28-18/h4-6,9-10,12,19H,1-3,7-8,11H2,(H,25,28)(H2,26,27,29). The number of rotatable bonds is 2. The molecule has 6 nitrogen and oxygen atoms in total. The number of urea groups is 1. The molecule has 2 aliphatic rings. The highest BCUT2D eigenvalue weighted by Gasteiger charge is 2.43. The summed E-state index contributed by atoms with van der Waals surface area (Å²) in [5.41, 5.74) is 2.08. The molecule has 1 atom stereocenters. The van der Waals surface area contributed by atoms with Crippen LogP contribution in [0.2, 0.25) is 10.0 Å². The molecule has 1 saturated carbocycles. The maximum Gasteiger partial charge on any atom is 0.319 e. The molecule has 2 heterocycles. The van der Waals surface area contributed by atoms with Gasteiger partial charge in [0.2, 0.25) is 0 Å². The van der Waals surface area contributed by atoms with Crippen molar-refractivity contribution in [2.45, 2.75) is 50.2 Å². The molecule has 156 valence electrons. The van der Waals surface area contributed by atoms with Crippen LogP contribution in [0, 0.1) is 0 Å². The largest absolute Gasteiger partial charge is 0.485 e. The monoisotopic (exact) mass is 444 g/mol. The van der Waals surface area contributed by atoms with Crippen LogP contribution in [0.25, 0.3) is 10.9 Å². The predicted molar refractivity (Wildman–Crippen MR) is 119 cm³/mol. The van der Waals surface area contributed by atoms with E-state index in [1.807, 2.05) is 24.3 Å². The van der Waals surface area contributed by atoms with E-state index in [9.17, 15) is 4.79 Å². The number of ether oxygens (including phenoxy) is 1. The van der Waals surface area contributed by atoms with Crippen molar-refractivity contribution in [1.29, 1.82) is 0 Å². The smallest absolute Gasteiger partial charge is 0.319 e. The molecule has 5 rings (SSSR count). The fourth-order valence-electron chi connectivity index (χ4n) is 4.71. The maximum absolute atomic E-state index is 12.9. The number of hydrogen-bond donors (Lipinski definition) is 3. The molecule has 2 amide bonds. The number of amides is 2. The van der Waals surface area contributed by atoms with Crippen molar-refractivity contribution >= 4 is 45.8 Å². The Labute approximate surface area is 184 Å². The molecular weight excluding hydrogens is 423 g/mol. The van der Waals surface area contributed by atoms with Gasteiger partial charge in [-0.3, -0.25) is 5.10 Å². The van der Waals surface area contributed by atoms with Crippen molar-refractivity contribution in [3.05, 3.63) is 52.1 Å². The molecule has 8 heteroatoms. The van der Waals surface area contributed by atoms with Crippen molar-refractivity contribution in [3.8, 4) is 5.75 Å². The molecule has 1 fully saturated rings. The molecule has 1 aliphatic heterocycles. The number of aromatic nitrogens is 2. The Kier molecular flexibility index (Phi) is 4.99. The maximum atomic E-state index is 12.9. The first kappa shape index (κ1) is 19.5. The van der Waals surface area contributed by atoms with Gasteiger partial charge in [0, 0.05) is 22.4 Å². The molecule has 0 bridgehead atoms. The van der Waals surface area contributed by atoms with Crippen LogP contribution in [0.4, 0.5) is 10.5 Å². The number of carbonyl (C=O) groups excluding carboxylic acids is 1. The van der Waals surface area contributed by atoms with E-state index in [0.717, 1.165) is 42.1 Å². The Morgan fingerprint density at radius 1 is 1.20 bits per heavy atom. The lowest BCUT2D eigenvalue weighted by molar-refractivity contribution is -0.000900. The number of fused-ring (bicyclic) bond motifs is 2. The summed E-state index contributed by atoms with van der Waals surface area (Å²) in [6, 6.07) is 8.63. The quantitative estimate of drug-likeness (QED) is 0.438. The minimum Gasteiger partial charge on any atom is -0.485 e. The zero-order valence-corrected chi connectivity index (χ0v) is 17.8. The normalized spacial score (nSPS) is 19.9. The lowest BCUT2D eigenvalue weighted by Gasteiger charge is -2.45. The van der Waals surface area contributed by atoms with Crippen LogP contribution in [-0.4, -0.2) is 21.8 Å². The van der Waals surface area contributed by atoms with Crippen LogP contribution in [0.1, 0.15) is 50.1 Å². The third-order valence-corrected chi connectivity index (χ3v) is 6.61. The molecule has 30 heavy (non-hydrogen) atoms. The Morgan fingerprint density at radius 2 is 2.03 bits per heavy atom. The van der Waals surface area contributed by atoms with E-state index >= 15 is 0 Å². The van der Waals surface area contributed by atoms with Crippen molar-refractivity contribution in [1.82, 2.24) is 15.5 Å². The summed E-state index contributed by atoms with van der Waals surface area (Å²) < 4.78 is 6.45. The molecule has 1 aromatic heterocycles. The summed E-state index contributed by atoms with van der Waals surface area (Å²) in [5.74, 6) is 0.636. The number of nitrogens with zero attached hydrogens (tertiary/aromatic N) is 1. The number of carbonyl (C=O) groups is 1. The number of H-pyrrole nitrogens is 1. The van der Waals surface area contributed by atoms with Gasteiger partial charge in [-0.2, -0.15) is 5.10 Å². The third-order valence-electron chi connectivity index (χ3n) is 6.11. The fraction of sp³-hybridized carbons (Fsp3) is 0.364. The average Bonchev–Trinajstić information content (AvgIpc) is 3.20. The van der Waals surface area contributed by atoms with Crippen molar-refractivity contribution in [2.75, 3.05) is 5.32 Å². The number of aromatic amines is 1. The highest BCUT2D eigenvalue weighted by atomic mass is 35.5. The zero-order chi connectivity index (χ0) is 20.7. The van der Waals surface area contributed by atoms with Gasteiger partial charge < -0.3 is 15.4 Å². The first-order valence-electron chi connectivity index (χ1n) is 10.2. The van der Waals surface area contributed by atoms with Crippen molar-refractivity contribution in [2.24, 2.45) is 0 Å². The van der Waals surface area contributed by atoms with Crippen LogP contribution >= 0.6 is 23.2 Å². The third kappa shape index (κ3) is 3.59. The Hall–Kier alpha value is -2.44. The van der Waals surface area contributed by atoms with Gasteiger partial charge in [-0.05, 0) is 49.9 Å². The van der Waals surface area contributed by atoms with E-state index in [1.165, 1.54) is 6.42 Å². The minimum atomic E-state index is -0.300. The first-order valence-corrected chi connectivity index (χ1v) is 11.0. The number of benzene rings is 2. The Morgan fingerprint density at radius 3 is 2.87 bits per heavy atom. The average molecular weight is 445 g/mol. The van der Waals surface area contributed by atoms with E-state index in [0.29, 0.717) is 27.9 Å². The van der Waals surface area contributed by atoms with Gasteiger partial charge >= 0.3 is 6.03 Å². The van der Waals surface area contributed by atoms with E-state index in [2.05, 4.69) is 20.8 Å². The van der Waals surface area contributed by atoms with Crippen molar-refractivity contribution in [3.63, 3.8) is 0 Å². The first-order chi connectivity index (χ1) is 14.5. The summed E-state index contributed by atoms with van der Waals surface area (Å²) in [7, 11) is 0. The summed E-state index contributed by atoms with van der Waals surface area (Å²) >= 11 is 12.8. The van der Waals surface area contributed by atoms with Gasteiger partial charge in [0.25, 0.3) is 0 Å². The minimum absolute atomic E-state index is 0.244. The van der Waals surface area contributed by atoms with Gasteiger partial charge in [-0.15, -0.1) is 0 Å². The highest BCUT2D eigenvalue weighted by molar-refractivity contribution is 6.35. The molecule has 0 radical (unpaired) electrons. The molecule has 0 saturated heterocycles. The molecule has 1 unspecified atom stereocenters. The van der Waals surface area contributed by atoms with E-state index in [-0.39, 0.29) is 17.7 Å². The van der Waals surface area contributed by atoms with Crippen LogP contribution in [-0.2, 0) is 0 Å². The topological polar surface area (TPSA) is 79.0 Å². The van der Waals surface area contributed by atoms with Gasteiger partial charge in [0.05, 0.1) is 28.5 Å². The number of hydrogen-bond acceptors (Lipinski definition) is 3. The molecular formula is C22H22Cl2N4O2. The number of nitrogens with one attached hydrogen (secondary N) is 3.